The minimum Gasteiger partial charge on any atom is -0.426 e. The number of hydrogen-bond donors (Lipinski definition) is 0. The number of ether oxygens (including phenoxy) is 2. The molecule has 0 saturated heterocycles. The lowest BCUT2D eigenvalue weighted by atomic mass is 10.0. The molecule has 0 atom stereocenters. The third kappa shape index (κ3) is 15.0. The minimum atomic E-state index is -1.19. The summed E-state index contributed by atoms with van der Waals surface area (Å²) in [6.07, 6.45) is 10.2. The Morgan fingerprint density at radius 2 is 0.880 bits per heavy atom. The molecule has 0 aliphatic heterocycles. The zero-order chi connectivity index (χ0) is 37.1. The first-order valence-electron chi connectivity index (χ1n) is 18.0. The predicted octanol–water partition coefficient (Wildman–Crippen LogP) is 9.60. The van der Waals surface area contributed by atoms with Crippen LogP contribution in [0.2, 0.25) is 0 Å². The molecule has 10 nitrogen and oxygen atoms in total. The van der Waals surface area contributed by atoms with Crippen molar-refractivity contribution in [1.29, 1.82) is 0 Å². The van der Waals surface area contributed by atoms with Crippen LogP contribution < -0.4 is 9.47 Å². The third-order valence-electron chi connectivity index (χ3n) is 7.85. The van der Waals surface area contributed by atoms with Gasteiger partial charge in [0.05, 0.1) is 0 Å². The number of benzene rings is 2. The largest absolute Gasteiger partial charge is 0.426 e. The molecule has 2 aromatic carbocycles. The Labute approximate surface area is 296 Å². The molecule has 0 bridgehead atoms. The van der Waals surface area contributed by atoms with Crippen molar-refractivity contribution >= 4 is 35.4 Å². The number of hydrogen-bond acceptors (Lipinski definition) is 10. The first kappa shape index (κ1) is 41.8. The van der Waals surface area contributed by atoms with Gasteiger partial charge in [0.25, 0.3) is 0 Å². The molecule has 2 aromatic rings. The summed E-state index contributed by atoms with van der Waals surface area (Å²) in [5.41, 5.74) is -0.157. The monoisotopic (exact) mass is 694 g/mol. The van der Waals surface area contributed by atoms with Gasteiger partial charge in [-0.15, -0.1) is 0 Å². The average molecular weight is 695 g/mol. The molecule has 0 unspecified atom stereocenters. The molecule has 274 valence electrons. The van der Waals surface area contributed by atoms with Gasteiger partial charge in [-0.3, -0.25) is 19.2 Å². The van der Waals surface area contributed by atoms with Gasteiger partial charge < -0.3 is 9.47 Å². The standard InChI is InChI=1S/C40H54O10/c1-7-9-11-13-15-17-33(41)29-19-21-35(47-37(43)23-27(3)4)31(25-29)39(45)49-50-40(46)32-26-30(34(42)18-16-14-12-10-8-2)20-22-36(32)48-38(44)24-28(5)6/h19-22,25-28H,7-18,23-24H2,1-6H3. The molecule has 10 heteroatoms. The van der Waals surface area contributed by atoms with E-state index in [1.807, 2.05) is 27.7 Å². The Balaban J connectivity index is 2.32. The van der Waals surface area contributed by atoms with Crippen molar-refractivity contribution in [3.05, 3.63) is 58.7 Å². The highest BCUT2D eigenvalue weighted by Gasteiger charge is 2.25. The van der Waals surface area contributed by atoms with Crippen LogP contribution in [-0.2, 0) is 19.4 Å². The summed E-state index contributed by atoms with van der Waals surface area (Å²) in [6, 6.07) is 8.12. The summed E-state index contributed by atoms with van der Waals surface area (Å²) in [4.78, 5) is 87.4. The summed E-state index contributed by atoms with van der Waals surface area (Å²) in [5, 5.41) is 0. The highest BCUT2D eigenvalue weighted by molar-refractivity contribution is 6.02. The highest BCUT2D eigenvalue weighted by atomic mass is 17.2. The molecule has 50 heavy (non-hydrogen) atoms. The molecule has 0 fully saturated rings. The van der Waals surface area contributed by atoms with Crippen LogP contribution in [0.15, 0.2) is 36.4 Å². The van der Waals surface area contributed by atoms with Crippen molar-refractivity contribution in [2.24, 2.45) is 11.8 Å². The van der Waals surface area contributed by atoms with Crippen LogP contribution >= 0.6 is 0 Å². The lowest BCUT2D eigenvalue weighted by molar-refractivity contribution is -0.187. The van der Waals surface area contributed by atoms with Crippen molar-refractivity contribution in [1.82, 2.24) is 0 Å². The van der Waals surface area contributed by atoms with E-state index < -0.39 is 23.9 Å². The van der Waals surface area contributed by atoms with Crippen molar-refractivity contribution in [3.63, 3.8) is 0 Å². The van der Waals surface area contributed by atoms with E-state index in [4.69, 9.17) is 19.2 Å². The Bertz CT molecular complexity index is 1350. The number of ketones is 2. The van der Waals surface area contributed by atoms with Gasteiger partial charge in [-0.2, -0.15) is 0 Å². The van der Waals surface area contributed by atoms with E-state index in [9.17, 15) is 28.8 Å². The summed E-state index contributed by atoms with van der Waals surface area (Å²) in [7, 11) is 0. The number of carbonyl (C=O) groups is 6. The van der Waals surface area contributed by atoms with Gasteiger partial charge in [-0.1, -0.05) is 92.9 Å². The molecule has 0 radical (unpaired) electrons. The van der Waals surface area contributed by atoms with Crippen molar-refractivity contribution < 1.29 is 48.0 Å². The Kier molecular flexibility index (Phi) is 18.7. The van der Waals surface area contributed by atoms with Gasteiger partial charge in [0.1, 0.15) is 22.6 Å². The lowest BCUT2D eigenvalue weighted by Crippen LogP contribution is -2.18. The first-order valence-corrected chi connectivity index (χ1v) is 18.0. The molecule has 0 N–H and O–H groups in total. The van der Waals surface area contributed by atoms with Gasteiger partial charge in [0, 0.05) is 36.8 Å². The van der Waals surface area contributed by atoms with E-state index >= 15 is 0 Å². The fraction of sp³-hybridized carbons (Fsp3) is 0.550. The average Bonchev–Trinajstić information content (AvgIpc) is 3.06. The van der Waals surface area contributed by atoms with E-state index in [0.29, 0.717) is 12.8 Å². The predicted molar refractivity (Wildman–Crippen MR) is 189 cm³/mol. The Morgan fingerprint density at radius 1 is 0.520 bits per heavy atom. The van der Waals surface area contributed by atoms with E-state index in [-0.39, 0.29) is 82.8 Å². The summed E-state index contributed by atoms with van der Waals surface area (Å²) in [5.74, 6) is -4.33. The van der Waals surface area contributed by atoms with Crippen LogP contribution in [0.4, 0.5) is 0 Å². The maximum atomic E-state index is 13.3. The van der Waals surface area contributed by atoms with Crippen LogP contribution in [0.25, 0.3) is 0 Å². The van der Waals surface area contributed by atoms with Gasteiger partial charge in [-0.25, -0.2) is 19.4 Å². The minimum absolute atomic E-state index is 0.0139. The van der Waals surface area contributed by atoms with Crippen molar-refractivity contribution in [2.75, 3.05) is 0 Å². The van der Waals surface area contributed by atoms with Gasteiger partial charge in [0.2, 0.25) is 0 Å². The summed E-state index contributed by atoms with van der Waals surface area (Å²) < 4.78 is 10.9. The zero-order valence-corrected chi connectivity index (χ0v) is 30.6. The Hall–Kier alpha value is -4.34. The molecule has 0 amide bonds. The summed E-state index contributed by atoms with van der Waals surface area (Å²) in [6.45, 7) is 11.6. The number of esters is 2. The molecule has 0 aliphatic rings. The third-order valence-corrected chi connectivity index (χ3v) is 7.85. The van der Waals surface area contributed by atoms with Crippen LogP contribution in [0.3, 0.4) is 0 Å². The van der Waals surface area contributed by atoms with E-state index in [1.165, 1.54) is 36.4 Å². The topological polar surface area (TPSA) is 139 Å². The second kappa shape index (κ2) is 22.4. The SMILES string of the molecule is CCCCCCCC(=O)c1ccc(OC(=O)CC(C)C)c(C(=O)OOC(=O)c2cc(C(=O)CCCCCCC)ccc2OC(=O)CC(C)C)c1. The number of rotatable bonds is 22. The smallest absolute Gasteiger partial charge is 0.390 e. The van der Waals surface area contributed by atoms with Gasteiger partial charge in [0.15, 0.2) is 11.6 Å². The number of carbonyl (C=O) groups excluding carboxylic acids is 6. The molecular weight excluding hydrogens is 640 g/mol. The molecular formula is C40H54O10. The van der Waals surface area contributed by atoms with Crippen molar-refractivity contribution in [3.8, 4) is 11.5 Å². The fourth-order valence-electron chi connectivity index (χ4n) is 5.13. The number of unbranched alkanes of at least 4 members (excludes halogenated alkanes) is 8. The van der Waals surface area contributed by atoms with Crippen LogP contribution in [0, 0.1) is 11.8 Å². The molecule has 0 saturated carbocycles. The maximum absolute atomic E-state index is 13.3. The first-order chi connectivity index (χ1) is 23.9. The molecule has 0 spiro atoms. The molecule has 2 rings (SSSR count). The van der Waals surface area contributed by atoms with Gasteiger partial charge in [-0.05, 0) is 61.1 Å². The number of Topliss-reactive ketones (excluding diaryl/α,β-unsaturated/α-hetero) is 2. The molecule has 0 aliphatic carbocycles. The van der Waals surface area contributed by atoms with Gasteiger partial charge >= 0.3 is 23.9 Å². The van der Waals surface area contributed by atoms with E-state index in [1.54, 1.807) is 0 Å². The lowest BCUT2D eigenvalue weighted by Gasteiger charge is -2.13. The second-order valence-corrected chi connectivity index (χ2v) is 13.5. The van der Waals surface area contributed by atoms with Crippen molar-refractivity contribution in [2.45, 2.75) is 131 Å². The molecule has 0 heterocycles. The van der Waals surface area contributed by atoms with Crippen LogP contribution in [-0.4, -0.2) is 35.4 Å². The maximum Gasteiger partial charge on any atom is 0.390 e. The zero-order valence-electron chi connectivity index (χ0n) is 30.6. The summed E-state index contributed by atoms with van der Waals surface area (Å²) >= 11 is 0. The normalized spacial score (nSPS) is 11.0. The van der Waals surface area contributed by atoms with Crippen LogP contribution in [0.1, 0.15) is 173 Å². The quantitative estimate of drug-likeness (QED) is 0.0292. The highest BCUT2D eigenvalue weighted by Crippen LogP contribution is 2.27. The second-order valence-electron chi connectivity index (χ2n) is 13.5. The molecule has 0 aromatic heterocycles. The Morgan fingerprint density at radius 3 is 1.22 bits per heavy atom. The van der Waals surface area contributed by atoms with E-state index in [0.717, 1.165) is 51.4 Å². The fourth-order valence-corrected chi connectivity index (χ4v) is 5.13. The van der Waals surface area contributed by atoms with E-state index in [2.05, 4.69) is 13.8 Å². The van der Waals surface area contributed by atoms with Crippen LogP contribution in [0.5, 0.6) is 11.5 Å².